The summed E-state index contributed by atoms with van der Waals surface area (Å²) in [5, 5.41) is 13.4. The first-order valence-corrected chi connectivity index (χ1v) is 10.4. The average Bonchev–Trinajstić information content (AvgIpc) is 3.04. The summed E-state index contributed by atoms with van der Waals surface area (Å²) in [5.41, 5.74) is -0.853. The number of carbonyl (C=O) groups is 3. The molecule has 0 unspecified atom stereocenters. The van der Waals surface area contributed by atoms with E-state index >= 15 is 0 Å². The van der Waals surface area contributed by atoms with Crippen molar-refractivity contribution in [2.75, 3.05) is 13.7 Å². The molecule has 1 aliphatic carbocycles. The molecule has 1 heterocycles. The van der Waals surface area contributed by atoms with Crippen molar-refractivity contribution in [3.05, 3.63) is 34.4 Å². The number of nitrogens with one attached hydrogen (secondary N) is 1. The number of piperidine rings is 1. The van der Waals surface area contributed by atoms with Crippen molar-refractivity contribution in [2.24, 2.45) is 22.7 Å². The summed E-state index contributed by atoms with van der Waals surface area (Å²) in [5.74, 6) is -0.520. The molecule has 1 aromatic carbocycles. The maximum absolute atomic E-state index is 13.5. The molecule has 0 bridgehead atoms. The van der Waals surface area contributed by atoms with Gasteiger partial charge in [0, 0.05) is 24.6 Å². The Morgan fingerprint density at radius 2 is 1.81 bits per heavy atom. The normalized spacial score (nSPS) is 24.2. The van der Waals surface area contributed by atoms with E-state index in [1.165, 1.54) is 36.3 Å². The summed E-state index contributed by atoms with van der Waals surface area (Å²) in [6.45, 7) is 9.96. The Labute approximate surface area is 186 Å². The minimum Gasteiger partial charge on any atom is -0.467 e. The van der Waals surface area contributed by atoms with Gasteiger partial charge in [0.15, 0.2) is 0 Å². The Hall–Kier alpha value is -3.17. The van der Waals surface area contributed by atoms with Gasteiger partial charge >= 0.3 is 12.1 Å². The molecule has 1 aromatic rings. The van der Waals surface area contributed by atoms with Gasteiger partial charge in [0.25, 0.3) is 5.69 Å². The maximum atomic E-state index is 13.5. The van der Waals surface area contributed by atoms with Crippen molar-refractivity contribution in [2.45, 2.75) is 46.7 Å². The zero-order chi connectivity index (χ0) is 24.0. The summed E-state index contributed by atoms with van der Waals surface area (Å²) in [7, 11) is 1.30. The summed E-state index contributed by atoms with van der Waals surface area (Å²) in [4.78, 5) is 50.2. The molecule has 2 fully saturated rings. The van der Waals surface area contributed by atoms with Crippen LogP contribution in [0.1, 0.15) is 34.6 Å². The predicted molar refractivity (Wildman–Crippen MR) is 114 cm³/mol. The highest BCUT2D eigenvalue weighted by atomic mass is 16.6. The van der Waals surface area contributed by atoms with Gasteiger partial charge in [0.1, 0.15) is 17.8 Å². The molecule has 4 atom stereocenters. The van der Waals surface area contributed by atoms with Gasteiger partial charge in [-0.05, 0) is 28.9 Å². The molecule has 32 heavy (non-hydrogen) atoms. The van der Waals surface area contributed by atoms with Crippen LogP contribution in [0.2, 0.25) is 0 Å². The second-order valence-corrected chi connectivity index (χ2v) is 10.00. The summed E-state index contributed by atoms with van der Waals surface area (Å²) in [6, 6.07) is 3.39. The second kappa shape index (κ2) is 8.07. The van der Waals surface area contributed by atoms with E-state index in [0.717, 1.165) is 0 Å². The molecule has 1 saturated heterocycles. The van der Waals surface area contributed by atoms with E-state index in [1.807, 2.05) is 0 Å². The number of nitro benzene ring substituents is 1. The highest BCUT2D eigenvalue weighted by molar-refractivity contribution is 5.91. The Morgan fingerprint density at radius 3 is 2.31 bits per heavy atom. The lowest BCUT2D eigenvalue weighted by Crippen LogP contribution is -2.58. The first kappa shape index (κ1) is 23.5. The van der Waals surface area contributed by atoms with Crippen LogP contribution in [0.25, 0.3) is 0 Å². The van der Waals surface area contributed by atoms with Gasteiger partial charge < -0.3 is 19.7 Å². The number of carbonyl (C=O) groups excluding carboxylic acids is 3. The zero-order valence-corrected chi connectivity index (χ0v) is 19.1. The third-order valence-electron chi connectivity index (χ3n) is 6.57. The van der Waals surface area contributed by atoms with Gasteiger partial charge in [-0.3, -0.25) is 14.9 Å². The topological polar surface area (TPSA) is 128 Å². The smallest absolute Gasteiger partial charge is 0.413 e. The number of fused-ring (bicyclic) bond motifs is 1. The number of hydrogen-bond donors (Lipinski definition) is 1. The lowest BCUT2D eigenvalue weighted by atomic mass is 9.85. The minimum atomic E-state index is -0.958. The number of rotatable bonds is 5. The van der Waals surface area contributed by atoms with Crippen LogP contribution in [0.3, 0.4) is 0 Å². The second-order valence-electron chi connectivity index (χ2n) is 10.00. The number of hydrogen-bond acceptors (Lipinski definition) is 7. The molecule has 2 amide bonds. The van der Waals surface area contributed by atoms with Gasteiger partial charge in [0.2, 0.25) is 5.91 Å². The van der Waals surface area contributed by atoms with Gasteiger partial charge in [0.05, 0.1) is 12.0 Å². The third kappa shape index (κ3) is 4.26. The monoisotopic (exact) mass is 447 g/mol. The predicted octanol–water partition coefficient (Wildman–Crippen LogP) is 2.75. The average molecular weight is 447 g/mol. The zero-order valence-electron chi connectivity index (χ0n) is 19.1. The van der Waals surface area contributed by atoms with E-state index in [2.05, 4.69) is 19.2 Å². The van der Waals surface area contributed by atoms with Crippen LogP contribution in [0.5, 0.6) is 5.75 Å². The highest BCUT2D eigenvalue weighted by Gasteiger charge is 2.70. The molecular formula is C22H29N3O7. The van der Waals surface area contributed by atoms with Crippen molar-refractivity contribution in [1.29, 1.82) is 0 Å². The van der Waals surface area contributed by atoms with E-state index in [-0.39, 0.29) is 34.6 Å². The molecule has 0 spiro atoms. The molecule has 0 aromatic heterocycles. The molecule has 1 N–H and O–H groups in total. The standard InChI is InChI=1S/C22H29N3O7/c1-21(2,3)17(23-20(28)32-13-9-7-12(8-10-13)25(29)30)18(26)24-11-14-15(22(14,4)5)16(24)19(27)31-6/h7-10,14-17H,11H2,1-6H3,(H,23,28)/t14-,15-,16-,17+/m0/s1. The number of amides is 2. The van der Waals surface area contributed by atoms with Gasteiger partial charge in [-0.25, -0.2) is 9.59 Å². The van der Waals surface area contributed by atoms with Crippen molar-refractivity contribution in [3.63, 3.8) is 0 Å². The Morgan fingerprint density at radius 1 is 1.22 bits per heavy atom. The molecule has 1 aliphatic heterocycles. The van der Waals surface area contributed by atoms with E-state index in [9.17, 15) is 24.5 Å². The SMILES string of the molecule is COC(=O)[C@@H]1[C@@H]2[C@H](CN1C(=O)[C@@H](NC(=O)Oc1ccc([N+](=O)[O-])cc1)C(C)(C)C)C2(C)C. The molecule has 10 nitrogen and oxygen atoms in total. The Balaban J connectivity index is 1.75. The summed E-state index contributed by atoms with van der Waals surface area (Å²) < 4.78 is 10.2. The van der Waals surface area contributed by atoms with E-state index in [1.54, 1.807) is 20.8 Å². The van der Waals surface area contributed by atoms with Crippen molar-refractivity contribution >= 4 is 23.7 Å². The Bertz CT molecular complexity index is 936. The quantitative estimate of drug-likeness (QED) is 0.417. The van der Waals surface area contributed by atoms with Crippen LogP contribution in [0.4, 0.5) is 10.5 Å². The molecular weight excluding hydrogens is 418 g/mol. The van der Waals surface area contributed by atoms with Crippen LogP contribution in [-0.2, 0) is 14.3 Å². The molecule has 174 valence electrons. The number of likely N-dealkylation sites (tertiary alicyclic amines) is 1. The van der Waals surface area contributed by atoms with E-state index in [0.29, 0.717) is 6.54 Å². The fourth-order valence-electron chi connectivity index (χ4n) is 4.61. The first-order valence-electron chi connectivity index (χ1n) is 10.4. The number of ether oxygens (including phenoxy) is 2. The number of nitrogens with zero attached hydrogens (tertiary/aromatic N) is 2. The van der Waals surface area contributed by atoms with Crippen LogP contribution >= 0.6 is 0 Å². The molecule has 1 saturated carbocycles. The van der Waals surface area contributed by atoms with Crippen LogP contribution in [0, 0.1) is 32.8 Å². The van der Waals surface area contributed by atoms with Crippen LogP contribution in [-0.4, -0.2) is 53.5 Å². The highest BCUT2D eigenvalue weighted by Crippen LogP contribution is 2.65. The maximum Gasteiger partial charge on any atom is 0.413 e. The largest absolute Gasteiger partial charge is 0.467 e. The minimum absolute atomic E-state index is 0.0200. The third-order valence-corrected chi connectivity index (χ3v) is 6.57. The number of esters is 1. The van der Waals surface area contributed by atoms with E-state index < -0.39 is 34.5 Å². The first-order chi connectivity index (χ1) is 14.8. The number of nitro groups is 1. The van der Waals surface area contributed by atoms with Gasteiger partial charge in [-0.15, -0.1) is 0 Å². The van der Waals surface area contributed by atoms with Crippen molar-refractivity contribution in [1.82, 2.24) is 10.2 Å². The molecule has 10 heteroatoms. The van der Waals surface area contributed by atoms with E-state index in [4.69, 9.17) is 9.47 Å². The van der Waals surface area contributed by atoms with Crippen LogP contribution in [0.15, 0.2) is 24.3 Å². The molecule has 0 radical (unpaired) electrons. The lowest BCUT2D eigenvalue weighted by Gasteiger charge is -2.36. The number of benzene rings is 1. The Kier molecular flexibility index (Phi) is 5.92. The fraction of sp³-hybridized carbons (Fsp3) is 0.591. The number of non-ortho nitro benzene ring substituents is 1. The van der Waals surface area contributed by atoms with Crippen LogP contribution < -0.4 is 10.1 Å². The molecule has 3 rings (SSSR count). The van der Waals surface area contributed by atoms with Gasteiger partial charge in [-0.1, -0.05) is 34.6 Å². The summed E-state index contributed by atoms with van der Waals surface area (Å²) >= 11 is 0. The van der Waals surface area contributed by atoms with Crippen molar-refractivity contribution in [3.8, 4) is 5.75 Å². The lowest BCUT2D eigenvalue weighted by molar-refractivity contribution is -0.384. The summed E-state index contributed by atoms with van der Waals surface area (Å²) in [6.07, 6.45) is -0.869. The van der Waals surface area contributed by atoms with Gasteiger partial charge in [-0.2, -0.15) is 0 Å². The van der Waals surface area contributed by atoms with Crippen molar-refractivity contribution < 1.29 is 28.8 Å². The number of methoxy groups -OCH3 is 1. The molecule has 2 aliphatic rings. The fourth-order valence-corrected chi connectivity index (χ4v) is 4.61.